The maximum atomic E-state index is 12.9. The van der Waals surface area contributed by atoms with E-state index < -0.39 is 16.9 Å². The summed E-state index contributed by atoms with van der Waals surface area (Å²) in [6.07, 6.45) is 8.03. The van der Waals surface area contributed by atoms with Crippen LogP contribution in [0.1, 0.15) is 64.0 Å². The predicted molar refractivity (Wildman–Crippen MR) is 112 cm³/mol. The summed E-state index contributed by atoms with van der Waals surface area (Å²) in [5.41, 5.74) is 1.73. The largest absolute Gasteiger partial charge is 0.462 e. The number of nitro benzene ring substituents is 1. The van der Waals surface area contributed by atoms with Crippen LogP contribution in [0.2, 0.25) is 0 Å². The Morgan fingerprint density at radius 3 is 2.60 bits per heavy atom. The molecule has 1 aliphatic heterocycles. The number of nitrogens with one attached hydrogen (secondary N) is 1. The van der Waals surface area contributed by atoms with Gasteiger partial charge in [0.25, 0.3) is 5.69 Å². The van der Waals surface area contributed by atoms with Crippen LogP contribution in [-0.4, -0.2) is 32.3 Å². The fourth-order valence-electron chi connectivity index (χ4n) is 3.57. The standard InChI is InChI=1S/C21H27N5O4/c1-3-4-5-6-7-8-13-30-20(27)18-15(2)24-21-22-14-23-25(21)19(18)16-9-11-17(12-10-16)26(28)29/h9-12,14,19H,3-8,13H2,1-2H3,(H,22,23,24)/t19-/m1/s1. The van der Waals surface area contributed by atoms with Crippen molar-refractivity contribution >= 4 is 17.6 Å². The minimum absolute atomic E-state index is 0.0144. The average molecular weight is 413 g/mol. The number of rotatable bonds is 10. The number of anilines is 1. The molecular weight excluding hydrogens is 386 g/mol. The number of fused-ring (bicyclic) bond motifs is 1. The lowest BCUT2D eigenvalue weighted by Crippen LogP contribution is -2.29. The number of ether oxygens (including phenoxy) is 1. The molecule has 0 amide bonds. The smallest absolute Gasteiger partial charge is 0.338 e. The number of esters is 1. The first-order valence-corrected chi connectivity index (χ1v) is 10.3. The lowest BCUT2D eigenvalue weighted by atomic mass is 9.95. The molecule has 3 rings (SSSR count). The molecule has 0 spiro atoms. The number of hydrogen-bond acceptors (Lipinski definition) is 7. The Morgan fingerprint density at radius 1 is 1.20 bits per heavy atom. The molecule has 0 unspecified atom stereocenters. The van der Waals surface area contributed by atoms with Crippen LogP contribution in [0.5, 0.6) is 0 Å². The van der Waals surface area contributed by atoms with Crippen molar-refractivity contribution < 1.29 is 14.5 Å². The summed E-state index contributed by atoms with van der Waals surface area (Å²) in [6, 6.07) is 5.54. The van der Waals surface area contributed by atoms with E-state index in [0.29, 0.717) is 29.4 Å². The molecule has 9 nitrogen and oxygen atoms in total. The highest BCUT2D eigenvalue weighted by atomic mass is 16.6. The van der Waals surface area contributed by atoms with Crippen molar-refractivity contribution in [2.24, 2.45) is 0 Å². The van der Waals surface area contributed by atoms with Gasteiger partial charge in [-0.2, -0.15) is 10.1 Å². The van der Waals surface area contributed by atoms with Gasteiger partial charge in [-0.05, 0) is 31.0 Å². The Hall–Kier alpha value is -3.23. The Kier molecular flexibility index (Phi) is 7.16. The van der Waals surface area contributed by atoms with E-state index in [4.69, 9.17) is 4.74 Å². The second kappa shape index (κ2) is 10.00. The third kappa shape index (κ3) is 4.84. The van der Waals surface area contributed by atoms with Gasteiger partial charge in [0.2, 0.25) is 5.95 Å². The van der Waals surface area contributed by atoms with Crippen molar-refractivity contribution in [3.63, 3.8) is 0 Å². The van der Waals surface area contributed by atoms with E-state index >= 15 is 0 Å². The molecule has 0 saturated carbocycles. The summed E-state index contributed by atoms with van der Waals surface area (Å²) in [5.74, 6) is 0.0846. The van der Waals surface area contributed by atoms with Crippen molar-refractivity contribution in [2.45, 2.75) is 58.4 Å². The Morgan fingerprint density at radius 2 is 1.90 bits per heavy atom. The van der Waals surface area contributed by atoms with Gasteiger partial charge in [-0.3, -0.25) is 10.1 Å². The van der Waals surface area contributed by atoms with Crippen molar-refractivity contribution in [2.75, 3.05) is 11.9 Å². The molecule has 2 heterocycles. The SMILES string of the molecule is CCCCCCCCOC(=O)C1=C(C)Nc2ncnn2[C@@H]1c1ccc([N+](=O)[O-])cc1. The van der Waals surface area contributed by atoms with Gasteiger partial charge in [-0.25, -0.2) is 9.48 Å². The van der Waals surface area contributed by atoms with Crippen molar-refractivity contribution in [3.05, 3.63) is 57.5 Å². The van der Waals surface area contributed by atoms with Gasteiger partial charge >= 0.3 is 5.97 Å². The number of carbonyl (C=O) groups excluding carboxylic acids is 1. The summed E-state index contributed by atoms with van der Waals surface area (Å²) >= 11 is 0. The topological polar surface area (TPSA) is 112 Å². The Bertz CT molecular complexity index is 920. The van der Waals surface area contributed by atoms with Gasteiger partial charge in [-0.15, -0.1) is 0 Å². The molecule has 160 valence electrons. The maximum absolute atomic E-state index is 12.9. The summed E-state index contributed by atoms with van der Waals surface area (Å²) in [4.78, 5) is 27.7. The van der Waals surface area contributed by atoms with Gasteiger partial charge in [0, 0.05) is 17.8 Å². The number of benzene rings is 1. The van der Waals surface area contributed by atoms with Crippen LogP contribution in [-0.2, 0) is 9.53 Å². The number of allylic oxidation sites excluding steroid dienone is 1. The third-order valence-corrected chi connectivity index (χ3v) is 5.16. The van der Waals surface area contributed by atoms with Crippen LogP contribution in [0.15, 0.2) is 41.9 Å². The van der Waals surface area contributed by atoms with Crippen LogP contribution < -0.4 is 5.32 Å². The van der Waals surface area contributed by atoms with Crippen LogP contribution >= 0.6 is 0 Å². The molecule has 0 bridgehead atoms. The number of nitro groups is 1. The zero-order valence-corrected chi connectivity index (χ0v) is 17.3. The first-order chi connectivity index (χ1) is 14.5. The molecule has 1 aromatic carbocycles. The van der Waals surface area contributed by atoms with E-state index in [-0.39, 0.29) is 5.69 Å². The van der Waals surface area contributed by atoms with E-state index in [1.54, 1.807) is 23.7 Å². The first kappa shape index (κ1) is 21.5. The second-order valence-corrected chi connectivity index (χ2v) is 7.35. The van der Waals surface area contributed by atoms with E-state index in [1.807, 2.05) is 0 Å². The second-order valence-electron chi connectivity index (χ2n) is 7.35. The van der Waals surface area contributed by atoms with Crippen molar-refractivity contribution in [3.8, 4) is 0 Å². The molecule has 0 fully saturated rings. The third-order valence-electron chi connectivity index (χ3n) is 5.16. The lowest BCUT2D eigenvalue weighted by molar-refractivity contribution is -0.384. The zero-order valence-electron chi connectivity index (χ0n) is 17.3. The molecule has 1 aliphatic rings. The molecule has 30 heavy (non-hydrogen) atoms. The number of carbonyl (C=O) groups is 1. The van der Waals surface area contributed by atoms with Gasteiger partial charge in [0.15, 0.2) is 0 Å². The van der Waals surface area contributed by atoms with E-state index in [0.717, 1.165) is 19.3 Å². The van der Waals surface area contributed by atoms with E-state index in [2.05, 4.69) is 22.3 Å². The van der Waals surface area contributed by atoms with Crippen LogP contribution in [0, 0.1) is 10.1 Å². The van der Waals surface area contributed by atoms with Gasteiger partial charge in [0.05, 0.1) is 17.1 Å². The number of unbranched alkanes of at least 4 members (excludes halogenated alkanes) is 5. The Labute approximate surface area is 175 Å². The summed E-state index contributed by atoms with van der Waals surface area (Å²) in [5, 5.41) is 18.3. The van der Waals surface area contributed by atoms with Crippen molar-refractivity contribution in [1.29, 1.82) is 0 Å². The molecule has 1 atom stereocenters. The highest BCUT2D eigenvalue weighted by Crippen LogP contribution is 2.35. The van der Waals surface area contributed by atoms with Gasteiger partial charge < -0.3 is 10.1 Å². The first-order valence-electron chi connectivity index (χ1n) is 10.3. The molecule has 0 radical (unpaired) electrons. The molecule has 2 aromatic rings. The molecular formula is C21H27N5O4. The highest BCUT2D eigenvalue weighted by Gasteiger charge is 2.34. The van der Waals surface area contributed by atoms with Crippen LogP contribution in [0.3, 0.4) is 0 Å². The number of non-ortho nitro benzene ring substituents is 1. The average Bonchev–Trinajstić information content (AvgIpc) is 3.20. The number of hydrogen-bond donors (Lipinski definition) is 1. The fourth-order valence-corrected chi connectivity index (χ4v) is 3.57. The van der Waals surface area contributed by atoms with Gasteiger partial charge in [-0.1, -0.05) is 39.0 Å². The monoisotopic (exact) mass is 413 g/mol. The number of nitrogens with zero attached hydrogens (tertiary/aromatic N) is 4. The van der Waals surface area contributed by atoms with Gasteiger partial charge in [0.1, 0.15) is 12.4 Å². The molecule has 1 aromatic heterocycles. The quantitative estimate of drug-likeness (QED) is 0.266. The molecule has 1 N–H and O–H groups in total. The molecule has 0 aliphatic carbocycles. The summed E-state index contributed by atoms with van der Waals surface area (Å²) < 4.78 is 7.15. The zero-order chi connectivity index (χ0) is 21.5. The highest BCUT2D eigenvalue weighted by molar-refractivity contribution is 5.92. The summed E-state index contributed by atoms with van der Waals surface area (Å²) in [6.45, 7) is 4.33. The fraction of sp³-hybridized carbons (Fsp3) is 0.476. The lowest BCUT2D eigenvalue weighted by Gasteiger charge is -2.28. The maximum Gasteiger partial charge on any atom is 0.338 e. The number of aromatic nitrogens is 3. The minimum atomic E-state index is -0.568. The molecule has 0 saturated heterocycles. The molecule has 9 heteroatoms. The van der Waals surface area contributed by atoms with Crippen molar-refractivity contribution in [1.82, 2.24) is 14.8 Å². The van der Waals surface area contributed by atoms with Crippen LogP contribution in [0.25, 0.3) is 0 Å². The predicted octanol–water partition coefficient (Wildman–Crippen LogP) is 4.38. The van der Waals surface area contributed by atoms with Crippen LogP contribution in [0.4, 0.5) is 11.6 Å². The van der Waals surface area contributed by atoms with E-state index in [1.165, 1.54) is 37.7 Å². The summed E-state index contributed by atoms with van der Waals surface area (Å²) in [7, 11) is 0. The normalized spacial score (nSPS) is 15.5. The minimum Gasteiger partial charge on any atom is -0.462 e. The van der Waals surface area contributed by atoms with E-state index in [9.17, 15) is 14.9 Å². The Balaban J connectivity index is 1.75.